The number of carbonyl (C=O) groups excluding carboxylic acids is 1. The molecule has 0 aliphatic rings. The third kappa shape index (κ3) is 6.54. The Hall–Kier alpha value is -2.98. The van der Waals surface area contributed by atoms with Crippen LogP contribution in [0.25, 0.3) is 0 Å². The van der Waals surface area contributed by atoms with E-state index >= 15 is 0 Å². The lowest BCUT2D eigenvalue weighted by atomic mass is 10.1. The molecule has 3 rings (SSSR count). The quantitative estimate of drug-likeness (QED) is 0.280. The molecular weight excluding hydrogens is 489 g/mol. The Kier molecular flexibility index (Phi) is 8.27. The van der Waals surface area contributed by atoms with Crippen molar-refractivity contribution in [1.82, 2.24) is 14.8 Å². The number of thioether (sulfide) groups is 1. The summed E-state index contributed by atoms with van der Waals surface area (Å²) in [5.74, 6) is 0.637. The molecule has 0 aliphatic carbocycles. The molecule has 34 heavy (non-hydrogen) atoms. The molecular formula is C23H22ClF3N4O2S. The molecule has 1 N–H and O–H groups in total. The van der Waals surface area contributed by atoms with Gasteiger partial charge < -0.3 is 10.1 Å². The number of alkyl halides is 3. The normalized spacial score (nSPS) is 11.4. The van der Waals surface area contributed by atoms with Gasteiger partial charge in [0.15, 0.2) is 11.0 Å². The van der Waals surface area contributed by atoms with Crippen LogP contribution in [0.2, 0.25) is 5.02 Å². The van der Waals surface area contributed by atoms with Crippen LogP contribution in [-0.2, 0) is 24.1 Å². The lowest BCUT2D eigenvalue weighted by Crippen LogP contribution is -2.15. The van der Waals surface area contributed by atoms with E-state index in [1.54, 1.807) is 10.6 Å². The van der Waals surface area contributed by atoms with Crippen LogP contribution in [0.15, 0.2) is 54.2 Å². The van der Waals surface area contributed by atoms with E-state index in [-0.39, 0.29) is 18.0 Å². The van der Waals surface area contributed by atoms with E-state index in [0.717, 1.165) is 35.0 Å². The second-order valence-corrected chi connectivity index (χ2v) is 8.69. The molecule has 0 radical (unpaired) electrons. The number of halogens is 4. The predicted octanol–water partition coefficient (Wildman–Crippen LogP) is 6.06. The molecule has 1 amide bonds. The number of allylic oxidation sites excluding steroid dienone is 1. The van der Waals surface area contributed by atoms with Crippen LogP contribution < -0.4 is 10.1 Å². The number of anilines is 1. The highest BCUT2D eigenvalue weighted by Gasteiger charge is 2.30. The minimum Gasteiger partial charge on any atom is -0.486 e. The standard InChI is InChI=1S/C23H22ClF3N4O2S/c1-4-8-31-19(12-33-18-9-14(2)21(24)15(3)10-18)29-30-22(31)34-13-20(32)28-17-7-5-6-16(11-17)23(25,26)27/h4-7,9-11H,1,8,12-13H2,2-3H3,(H,28,32). The van der Waals surface area contributed by atoms with Crippen molar-refractivity contribution in [3.8, 4) is 5.75 Å². The topological polar surface area (TPSA) is 69.0 Å². The van der Waals surface area contributed by atoms with Crippen LogP contribution in [0.3, 0.4) is 0 Å². The largest absolute Gasteiger partial charge is 0.486 e. The molecule has 2 aromatic carbocycles. The summed E-state index contributed by atoms with van der Waals surface area (Å²) in [5.41, 5.74) is 1.02. The first-order chi connectivity index (χ1) is 16.1. The molecule has 1 aromatic heterocycles. The second kappa shape index (κ2) is 11.0. The Labute approximate surface area is 204 Å². The van der Waals surface area contributed by atoms with Crippen LogP contribution in [0.4, 0.5) is 18.9 Å². The van der Waals surface area contributed by atoms with Gasteiger partial charge in [0.1, 0.15) is 12.4 Å². The van der Waals surface area contributed by atoms with Gasteiger partial charge in [-0.15, -0.1) is 16.8 Å². The lowest BCUT2D eigenvalue weighted by molar-refractivity contribution is -0.137. The summed E-state index contributed by atoms with van der Waals surface area (Å²) in [6.07, 6.45) is -2.82. The first kappa shape index (κ1) is 25.6. The van der Waals surface area contributed by atoms with Gasteiger partial charge in [-0.1, -0.05) is 35.5 Å². The average Bonchev–Trinajstić information content (AvgIpc) is 3.16. The maximum Gasteiger partial charge on any atom is 0.416 e. The van der Waals surface area contributed by atoms with Gasteiger partial charge in [-0.2, -0.15) is 13.2 Å². The molecule has 0 spiro atoms. The molecule has 0 saturated heterocycles. The summed E-state index contributed by atoms with van der Waals surface area (Å²) >= 11 is 7.30. The van der Waals surface area contributed by atoms with Crippen molar-refractivity contribution in [2.75, 3.05) is 11.1 Å². The van der Waals surface area contributed by atoms with Crippen LogP contribution in [-0.4, -0.2) is 26.4 Å². The van der Waals surface area contributed by atoms with Crippen molar-refractivity contribution >= 4 is 35.0 Å². The highest BCUT2D eigenvalue weighted by atomic mass is 35.5. The van der Waals surface area contributed by atoms with Crippen molar-refractivity contribution in [2.24, 2.45) is 0 Å². The number of rotatable bonds is 9. The van der Waals surface area contributed by atoms with E-state index in [4.69, 9.17) is 16.3 Å². The van der Waals surface area contributed by atoms with E-state index in [9.17, 15) is 18.0 Å². The monoisotopic (exact) mass is 510 g/mol. The molecule has 0 atom stereocenters. The van der Waals surface area contributed by atoms with Crippen molar-refractivity contribution in [3.63, 3.8) is 0 Å². The third-order valence-electron chi connectivity index (χ3n) is 4.69. The van der Waals surface area contributed by atoms with E-state index in [2.05, 4.69) is 22.1 Å². The number of nitrogens with zero attached hydrogens (tertiary/aromatic N) is 3. The molecule has 180 valence electrons. The fourth-order valence-electron chi connectivity index (χ4n) is 3.08. The van der Waals surface area contributed by atoms with Crippen LogP contribution in [0.5, 0.6) is 5.75 Å². The van der Waals surface area contributed by atoms with Crippen LogP contribution >= 0.6 is 23.4 Å². The zero-order valence-corrected chi connectivity index (χ0v) is 20.0. The van der Waals surface area contributed by atoms with Gasteiger partial charge >= 0.3 is 6.18 Å². The number of ether oxygens (including phenoxy) is 1. The summed E-state index contributed by atoms with van der Waals surface area (Å²) in [6, 6.07) is 8.13. The number of benzene rings is 2. The van der Waals surface area contributed by atoms with Crippen LogP contribution in [0.1, 0.15) is 22.5 Å². The minimum atomic E-state index is -4.49. The van der Waals surface area contributed by atoms with Crippen molar-refractivity contribution in [2.45, 2.75) is 38.3 Å². The molecule has 0 aliphatic heterocycles. The first-order valence-electron chi connectivity index (χ1n) is 10.1. The number of carbonyl (C=O) groups is 1. The number of amides is 1. The lowest BCUT2D eigenvalue weighted by Gasteiger charge is -2.11. The van der Waals surface area contributed by atoms with E-state index < -0.39 is 17.6 Å². The molecule has 11 heteroatoms. The fourth-order valence-corrected chi connectivity index (χ4v) is 3.96. The Morgan fingerprint density at radius 2 is 1.94 bits per heavy atom. The summed E-state index contributed by atoms with van der Waals surface area (Å²) in [6.45, 7) is 8.04. The summed E-state index contributed by atoms with van der Waals surface area (Å²) in [4.78, 5) is 12.3. The van der Waals surface area contributed by atoms with E-state index in [1.807, 2.05) is 26.0 Å². The number of nitrogens with one attached hydrogen (secondary N) is 1. The molecule has 0 fully saturated rings. The highest BCUT2D eigenvalue weighted by molar-refractivity contribution is 7.99. The Morgan fingerprint density at radius 1 is 1.24 bits per heavy atom. The number of aryl methyl sites for hydroxylation is 2. The zero-order chi connectivity index (χ0) is 24.9. The van der Waals surface area contributed by atoms with Gasteiger partial charge in [-0.05, 0) is 55.3 Å². The minimum absolute atomic E-state index is 0.0654. The molecule has 0 saturated carbocycles. The van der Waals surface area contributed by atoms with Gasteiger partial charge in [0.05, 0.1) is 11.3 Å². The first-order valence-corrected chi connectivity index (χ1v) is 11.5. The summed E-state index contributed by atoms with van der Waals surface area (Å²) in [7, 11) is 0. The van der Waals surface area contributed by atoms with Crippen LogP contribution in [0, 0.1) is 13.8 Å². The van der Waals surface area contributed by atoms with Gasteiger partial charge in [0.2, 0.25) is 5.91 Å². The summed E-state index contributed by atoms with van der Waals surface area (Å²) in [5, 5.41) is 11.9. The van der Waals surface area contributed by atoms with Gasteiger partial charge in [0.25, 0.3) is 0 Å². The molecule has 1 heterocycles. The van der Waals surface area contributed by atoms with Crippen molar-refractivity contribution in [3.05, 3.63) is 76.6 Å². The Bertz CT molecular complexity index is 1170. The van der Waals surface area contributed by atoms with E-state index in [1.165, 1.54) is 12.1 Å². The smallest absolute Gasteiger partial charge is 0.416 e. The fraction of sp³-hybridized carbons (Fsp3) is 0.261. The summed E-state index contributed by atoms with van der Waals surface area (Å²) < 4.78 is 46.2. The average molecular weight is 511 g/mol. The maximum absolute atomic E-state index is 12.9. The van der Waals surface area contributed by atoms with Gasteiger partial charge in [-0.25, -0.2) is 0 Å². The van der Waals surface area contributed by atoms with Crippen molar-refractivity contribution in [1.29, 1.82) is 0 Å². The number of aromatic nitrogens is 3. The maximum atomic E-state index is 12.9. The number of hydrogen-bond acceptors (Lipinski definition) is 5. The third-order valence-corrected chi connectivity index (χ3v) is 6.25. The van der Waals surface area contributed by atoms with Crippen molar-refractivity contribution < 1.29 is 22.7 Å². The molecule has 0 unspecified atom stereocenters. The Balaban J connectivity index is 1.64. The molecule has 6 nitrogen and oxygen atoms in total. The predicted molar refractivity (Wildman–Crippen MR) is 126 cm³/mol. The van der Waals surface area contributed by atoms with E-state index in [0.29, 0.717) is 28.3 Å². The molecule has 3 aromatic rings. The molecule has 0 bridgehead atoms. The Morgan fingerprint density at radius 3 is 2.59 bits per heavy atom. The SMILES string of the molecule is C=CCn1c(COc2cc(C)c(Cl)c(C)c2)nnc1SCC(=O)Nc1cccc(C(F)(F)F)c1. The van der Waals surface area contributed by atoms with Gasteiger partial charge in [-0.3, -0.25) is 9.36 Å². The zero-order valence-electron chi connectivity index (χ0n) is 18.4. The second-order valence-electron chi connectivity index (χ2n) is 7.37. The number of hydrogen-bond donors (Lipinski definition) is 1. The van der Waals surface area contributed by atoms with Gasteiger partial charge in [0, 0.05) is 17.3 Å². The highest BCUT2D eigenvalue weighted by Crippen LogP contribution is 2.31.